The zero-order chi connectivity index (χ0) is 9.60. The molecule has 1 aliphatic heterocycles. The lowest BCUT2D eigenvalue weighted by molar-refractivity contribution is 0.0510. The highest BCUT2D eigenvalue weighted by molar-refractivity contribution is 5.02. The molecule has 3 aliphatic rings. The van der Waals surface area contributed by atoms with Gasteiger partial charge in [-0.1, -0.05) is 0 Å². The largest absolute Gasteiger partial charge is 0.378 e. The van der Waals surface area contributed by atoms with Crippen LogP contribution in [-0.2, 0) is 4.74 Å². The molecule has 2 atom stereocenters. The number of rotatable bonds is 4. The summed E-state index contributed by atoms with van der Waals surface area (Å²) in [5.41, 5.74) is 0.503. The summed E-state index contributed by atoms with van der Waals surface area (Å²) in [5, 5.41) is 3.71. The smallest absolute Gasteiger partial charge is 0.0618 e. The highest BCUT2D eigenvalue weighted by Gasteiger charge is 2.52. The number of hydrogen-bond acceptors (Lipinski definition) is 2. The van der Waals surface area contributed by atoms with Gasteiger partial charge >= 0.3 is 0 Å². The van der Waals surface area contributed by atoms with Gasteiger partial charge in [0.05, 0.1) is 6.10 Å². The van der Waals surface area contributed by atoms with Crippen molar-refractivity contribution in [2.45, 2.75) is 51.2 Å². The molecule has 3 fully saturated rings. The maximum atomic E-state index is 5.78. The first-order valence-corrected chi connectivity index (χ1v) is 6.16. The number of ether oxygens (including phenoxy) is 1. The van der Waals surface area contributed by atoms with Gasteiger partial charge in [-0.15, -0.1) is 0 Å². The molecular weight excluding hydrogens is 174 g/mol. The van der Waals surface area contributed by atoms with Gasteiger partial charge in [0, 0.05) is 24.6 Å². The minimum atomic E-state index is 0.487. The van der Waals surface area contributed by atoms with E-state index < -0.39 is 0 Å². The van der Waals surface area contributed by atoms with Gasteiger partial charge in [0.15, 0.2) is 0 Å². The molecule has 0 aromatic rings. The average molecular weight is 195 g/mol. The van der Waals surface area contributed by atoms with Crippen molar-refractivity contribution >= 4 is 0 Å². The summed E-state index contributed by atoms with van der Waals surface area (Å²) in [6.07, 6.45) is 7.46. The van der Waals surface area contributed by atoms with E-state index in [1.165, 1.54) is 38.6 Å². The molecular formula is C12H21NO. The Morgan fingerprint density at radius 1 is 1.29 bits per heavy atom. The fourth-order valence-electron chi connectivity index (χ4n) is 2.99. The van der Waals surface area contributed by atoms with Gasteiger partial charge in [-0.2, -0.15) is 0 Å². The summed E-state index contributed by atoms with van der Waals surface area (Å²) < 4.78 is 5.78. The maximum absolute atomic E-state index is 5.78. The van der Waals surface area contributed by atoms with E-state index in [1.807, 2.05) is 0 Å². The average Bonchev–Trinajstić information content (AvgIpc) is 3.05. The highest BCUT2D eigenvalue weighted by atomic mass is 16.5. The molecule has 1 saturated heterocycles. The van der Waals surface area contributed by atoms with Crippen molar-refractivity contribution in [1.29, 1.82) is 0 Å². The first kappa shape index (κ1) is 9.17. The Hall–Kier alpha value is -0.0800. The SMILES string of the molecule is CC1OCCC1(CNC1CC1)C1CC1. The summed E-state index contributed by atoms with van der Waals surface area (Å²) in [6.45, 7) is 4.48. The second-order valence-electron chi connectivity index (χ2n) is 5.43. The van der Waals surface area contributed by atoms with Gasteiger partial charge in [-0.05, 0) is 44.9 Å². The summed E-state index contributed by atoms with van der Waals surface area (Å²) >= 11 is 0. The highest BCUT2D eigenvalue weighted by Crippen LogP contribution is 2.53. The van der Waals surface area contributed by atoms with E-state index in [1.54, 1.807) is 0 Å². The fourth-order valence-corrected chi connectivity index (χ4v) is 2.99. The lowest BCUT2D eigenvalue weighted by atomic mass is 9.76. The Kier molecular flexibility index (Phi) is 2.10. The molecule has 80 valence electrons. The zero-order valence-electron chi connectivity index (χ0n) is 9.09. The molecule has 2 aliphatic carbocycles. The van der Waals surface area contributed by atoms with E-state index in [0.29, 0.717) is 11.5 Å². The number of nitrogens with one attached hydrogen (secondary N) is 1. The molecule has 0 aromatic carbocycles. The Morgan fingerprint density at radius 2 is 2.07 bits per heavy atom. The first-order valence-electron chi connectivity index (χ1n) is 6.16. The summed E-state index contributed by atoms with van der Waals surface area (Å²) in [6, 6.07) is 0.846. The van der Waals surface area contributed by atoms with Crippen molar-refractivity contribution < 1.29 is 4.74 Å². The Balaban J connectivity index is 1.66. The van der Waals surface area contributed by atoms with Crippen LogP contribution in [0.4, 0.5) is 0 Å². The summed E-state index contributed by atoms with van der Waals surface area (Å²) in [4.78, 5) is 0. The Labute approximate surface area is 86.4 Å². The molecule has 0 amide bonds. The molecule has 0 spiro atoms. The third-order valence-corrected chi connectivity index (χ3v) is 4.43. The second-order valence-corrected chi connectivity index (χ2v) is 5.43. The Bertz CT molecular complexity index is 222. The van der Waals surface area contributed by atoms with Gasteiger partial charge in [0.1, 0.15) is 0 Å². The minimum absolute atomic E-state index is 0.487. The van der Waals surface area contributed by atoms with Crippen molar-refractivity contribution in [2.24, 2.45) is 11.3 Å². The van der Waals surface area contributed by atoms with Crippen LogP contribution >= 0.6 is 0 Å². The molecule has 3 rings (SSSR count). The molecule has 1 heterocycles. The monoisotopic (exact) mass is 195 g/mol. The van der Waals surface area contributed by atoms with Gasteiger partial charge in [-0.25, -0.2) is 0 Å². The van der Waals surface area contributed by atoms with Crippen LogP contribution in [-0.4, -0.2) is 25.3 Å². The van der Waals surface area contributed by atoms with E-state index in [4.69, 9.17) is 4.74 Å². The van der Waals surface area contributed by atoms with Crippen molar-refractivity contribution in [1.82, 2.24) is 5.32 Å². The first-order chi connectivity index (χ1) is 6.81. The van der Waals surface area contributed by atoms with Crippen LogP contribution in [0.25, 0.3) is 0 Å². The van der Waals surface area contributed by atoms with Crippen LogP contribution in [0.5, 0.6) is 0 Å². The van der Waals surface area contributed by atoms with Crippen molar-refractivity contribution in [3.63, 3.8) is 0 Å². The molecule has 2 saturated carbocycles. The molecule has 0 aromatic heterocycles. The lowest BCUT2D eigenvalue weighted by Crippen LogP contribution is -2.42. The van der Waals surface area contributed by atoms with Crippen LogP contribution in [0.3, 0.4) is 0 Å². The van der Waals surface area contributed by atoms with E-state index in [2.05, 4.69) is 12.2 Å². The van der Waals surface area contributed by atoms with Gasteiger partial charge in [0.25, 0.3) is 0 Å². The quantitative estimate of drug-likeness (QED) is 0.740. The molecule has 0 bridgehead atoms. The predicted octanol–water partition coefficient (Wildman–Crippen LogP) is 1.94. The Morgan fingerprint density at radius 3 is 2.57 bits per heavy atom. The van der Waals surface area contributed by atoms with Crippen LogP contribution in [0.1, 0.15) is 39.0 Å². The van der Waals surface area contributed by atoms with Gasteiger partial charge in [-0.3, -0.25) is 0 Å². The lowest BCUT2D eigenvalue weighted by Gasteiger charge is -2.33. The normalized spacial score (nSPS) is 43.1. The van der Waals surface area contributed by atoms with Crippen LogP contribution in [0, 0.1) is 11.3 Å². The van der Waals surface area contributed by atoms with Crippen LogP contribution in [0.15, 0.2) is 0 Å². The molecule has 2 heteroatoms. The van der Waals surface area contributed by atoms with Crippen LogP contribution < -0.4 is 5.32 Å². The predicted molar refractivity (Wildman–Crippen MR) is 56.2 cm³/mol. The third kappa shape index (κ3) is 1.49. The second kappa shape index (κ2) is 3.21. The third-order valence-electron chi connectivity index (χ3n) is 4.43. The van der Waals surface area contributed by atoms with Crippen molar-refractivity contribution in [3.05, 3.63) is 0 Å². The number of hydrogen-bond donors (Lipinski definition) is 1. The maximum Gasteiger partial charge on any atom is 0.0618 e. The van der Waals surface area contributed by atoms with Gasteiger partial charge < -0.3 is 10.1 Å². The molecule has 2 nitrogen and oxygen atoms in total. The zero-order valence-corrected chi connectivity index (χ0v) is 9.09. The summed E-state index contributed by atoms with van der Waals surface area (Å²) in [5.74, 6) is 0.964. The molecule has 14 heavy (non-hydrogen) atoms. The molecule has 0 radical (unpaired) electrons. The topological polar surface area (TPSA) is 21.3 Å². The fraction of sp³-hybridized carbons (Fsp3) is 1.00. The molecule has 2 unspecified atom stereocenters. The standard InChI is InChI=1S/C12H21NO/c1-9-12(6-7-14-9,10-2-3-10)8-13-11-4-5-11/h9-11,13H,2-8H2,1H3. The van der Waals surface area contributed by atoms with Crippen molar-refractivity contribution in [2.75, 3.05) is 13.2 Å². The van der Waals surface area contributed by atoms with Crippen LogP contribution in [0.2, 0.25) is 0 Å². The van der Waals surface area contributed by atoms with E-state index in [9.17, 15) is 0 Å². The minimum Gasteiger partial charge on any atom is -0.378 e. The van der Waals surface area contributed by atoms with Crippen molar-refractivity contribution in [3.8, 4) is 0 Å². The van der Waals surface area contributed by atoms with E-state index >= 15 is 0 Å². The van der Waals surface area contributed by atoms with Gasteiger partial charge in [0.2, 0.25) is 0 Å². The molecule has 1 N–H and O–H groups in total. The summed E-state index contributed by atoms with van der Waals surface area (Å²) in [7, 11) is 0. The van der Waals surface area contributed by atoms with E-state index in [-0.39, 0.29) is 0 Å². The van der Waals surface area contributed by atoms with E-state index in [0.717, 1.165) is 18.6 Å².